The Hall–Kier alpha value is -2.57. The summed E-state index contributed by atoms with van der Waals surface area (Å²) in [5.74, 6) is -0.0411. The highest BCUT2D eigenvalue weighted by Gasteiger charge is 2.19. The molecule has 0 radical (unpaired) electrons. The van der Waals surface area contributed by atoms with Crippen LogP contribution in [-0.2, 0) is 9.53 Å². The van der Waals surface area contributed by atoms with Gasteiger partial charge >= 0.3 is 0 Å². The minimum Gasteiger partial charge on any atom is -0.481 e. The number of methoxy groups -OCH3 is 1. The molecular weight excluding hydrogens is 392 g/mol. The number of anilines is 1. The van der Waals surface area contributed by atoms with Crippen molar-refractivity contribution in [1.82, 2.24) is 5.32 Å². The highest BCUT2D eigenvalue weighted by atomic mass is 35.5. The minimum absolute atomic E-state index is 0.255. The molecule has 2 aromatic rings. The van der Waals surface area contributed by atoms with E-state index < -0.39 is 6.10 Å². The Kier molecular flexibility index (Phi) is 8.49. The van der Waals surface area contributed by atoms with Gasteiger partial charge in [0, 0.05) is 25.3 Å². The van der Waals surface area contributed by atoms with Crippen molar-refractivity contribution in [1.29, 1.82) is 0 Å². The van der Waals surface area contributed by atoms with Gasteiger partial charge in [-0.05, 0) is 62.6 Å². The lowest BCUT2D eigenvalue weighted by Gasteiger charge is -2.17. The van der Waals surface area contributed by atoms with Gasteiger partial charge in [-0.2, -0.15) is 0 Å². The number of halogens is 1. The first-order valence-corrected chi connectivity index (χ1v) is 9.81. The molecule has 2 aromatic carbocycles. The second-order valence-electron chi connectivity index (χ2n) is 6.77. The predicted octanol–water partition coefficient (Wildman–Crippen LogP) is 4.13. The molecule has 1 atom stereocenters. The van der Waals surface area contributed by atoms with E-state index in [-0.39, 0.29) is 11.8 Å². The Bertz CT molecular complexity index is 847. The average Bonchev–Trinajstić information content (AvgIpc) is 2.69. The third kappa shape index (κ3) is 6.48. The van der Waals surface area contributed by atoms with E-state index in [0.29, 0.717) is 41.6 Å². The lowest BCUT2D eigenvalue weighted by molar-refractivity contribution is -0.122. The van der Waals surface area contributed by atoms with Gasteiger partial charge < -0.3 is 20.1 Å². The van der Waals surface area contributed by atoms with Gasteiger partial charge in [0.1, 0.15) is 5.75 Å². The van der Waals surface area contributed by atoms with Gasteiger partial charge in [-0.15, -0.1) is 0 Å². The number of aryl methyl sites for hydroxylation is 2. The predicted molar refractivity (Wildman–Crippen MR) is 115 cm³/mol. The summed E-state index contributed by atoms with van der Waals surface area (Å²) in [5.41, 5.74) is 2.58. The first-order chi connectivity index (χ1) is 13.8. The smallest absolute Gasteiger partial charge is 0.265 e. The third-order valence-corrected chi connectivity index (χ3v) is 4.93. The van der Waals surface area contributed by atoms with Crippen LogP contribution in [0.15, 0.2) is 36.4 Å². The number of rotatable bonds is 9. The number of hydrogen-bond acceptors (Lipinski definition) is 4. The zero-order valence-corrected chi connectivity index (χ0v) is 17.9. The molecule has 29 heavy (non-hydrogen) atoms. The maximum atomic E-state index is 12.6. The van der Waals surface area contributed by atoms with Gasteiger partial charge in [-0.1, -0.05) is 23.7 Å². The molecule has 6 nitrogen and oxygen atoms in total. The number of carbonyl (C=O) groups is 2. The molecule has 0 aliphatic rings. The van der Waals surface area contributed by atoms with Crippen LogP contribution in [0.3, 0.4) is 0 Å². The van der Waals surface area contributed by atoms with Gasteiger partial charge in [0.15, 0.2) is 6.10 Å². The fourth-order valence-electron chi connectivity index (χ4n) is 2.77. The third-order valence-electron chi connectivity index (χ3n) is 4.33. The molecule has 0 bridgehead atoms. The molecule has 0 aliphatic carbocycles. The maximum Gasteiger partial charge on any atom is 0.265 e. The molecule has 0 aromatic heterocycles. The second-order valence-corrected chi connectivity index (χ2v) is 7.15. The summed E-state index contributed by atoms with van der Waals surface area (Å²) in [5, 5.41) is 6.28. The summed E-state index contributed by atoms with van der Waals surface area (Å²) in [4.78, 5) is 25.0. The average molecular weight is 419 g/mol. The number of amides is 2. The summed E-state index contributed by atoms with van der Waals surface area (Å²) >= 11 is 6.18. The zero-order valence-electron chi connectivity index (χ0n) is 17.2. The van der Waals surface area contributed by atoms with Crippen molar-refractivity contribution in [3.63, 3.8) is 0 Å². The Morgan fingerprint density at radius 3 is 2.45 bits per heavy atom. The van der Waals surface area contributed by atoms with Crippen LogP contribution >= 0.6 is 11.6 Å². The molecule has 156 valence electrons. The number of hydrogen-bond donors (Lipinski definition) is 2. The van der Waals surface area contributed by atoms with Gasteiger partial charge in [-0.3, -0.25) is 9.59 Å². The largest absolute Gasteiger partial charge is 0.481 e. The van der Waals surface area contributed by atoms with Crippen LogP contribution < -0.4 is 15.4 Å². The van der Waals surface area contributed by atoms with E-state index in [2.05, 4.69) is 10.6 Å². The molecule has 7 heteroatoms. The second kappa shape index (κ2) is 10.8. The fourth-order valence-corrected chi connectivity index (χ4v) is 2.88. The van der Waals surface area contributed by atoms with E-state index in [1.807, 2.05) is 13.8 Å². The van der Waals surface area contributed by atoms with Gasteiger partial charge in [-0.25, -0.2) is 0 Å². The number of nitrogens with one attached hydrogen (secondary N) is 2. The molecule has 2 N–H and O–H groups in total. The Morgan fingerprint density at radius 2 is 1.79 bits per heavy atom. The molecule has 0 saturated heterocycles. The van der Waals surface area contributed by atoms with E-state index in [1.165, 1.54) is 0 Å². The SMILES string of the molecule is COCCCNC(=O)c1ccccc1NC(=O)[C@@H](C)Oc1cc(C)c(Cl)c(C)c1. The topological polar surface area (TPSA) is 76.7 Å². The van der Waals surface area contributed by atoms with Crippen LogP contribution in [0.1, 0.15) is 34.8 Å². The highest BCUT2D eigenvalue weighted by molar-refractivity contribution is 6.32. The van der Waals surface area contributed by atoms with Crippen molar-refractivity contribution in [2.45, 2.75) is 33.3 Å². The van der Waals surface area contributed by atoms with Crippen LogP contribution in [0, 0.1) is 13.8 Å². The van der Waals surface area contributed by atoms with E-state index in [9.17, 15) is 9.59 Å². The minimum atomic E-state index is -0.757. The Balaban J connectivity index is 2.04. The fraction of sp³-hybridized carbons (Fsp3) is 0.364. The lowest BCUT2D eigenvalue weighted by atomic mass is 10.1. The standard InChI is InChI=1S/C22H27ClN2O4/c1-14-12-17(13-15(2)20(14)23)29-16(3)21(26)25-19-9-6-5-8-18(19)22(27)24-10-7-11-28-4/h5-6,8-9,12-13,16H,7,10-11H2,1-4H3,(H,24,27)(H,25,26)/t16-/m1/s1. The summed E-state index contributed by atoms with van der Waals surface area (Å²) in [6.45, 7) is 6.48. The normalized spacial score (nSPS) is 11.6. The lowest BCUT2D eigenvalue weighted by Crippen LogP contribution is -2.32. The van der Waals surface area contributed by atoms with E-state index in [4.69, 9.17) is 21.1 Å². The molecule has 0 aliphatic heterocycles. The van der Waals surface area contributed by atoms with Gasteiger partial charge in [0.05, 0.1) is 11.3 Å². The van der Waals surface area contributed by atoms with Gasteiger partial charge in [0.2, 0.25) is 0 Å². The van der Waals surface area contributed by atoms with Crippen molar-refractivity contribution in [2.24, 2.45) is 0 Å². The number of para-hydroxylation sites is 1. The highest BCUT2D eigenvalue weighted by Crippen LogP contribution is 2.26. The van der Waals surface area contributed by atoms with E-state index in [1.54, 1.807) is 50.4 Å². The molecule has 2 amide bonds. The van der Waals surface area contributed by atoms with Crippen molar-refractivity contribution >= 4 is 29.1 Å². The van der Waals surface area contributed by atoms with Crippen LogP contribution in [0.25, 0.3) is 0 Å². The van der Waals surface area contributed by atoms with Crippen molar-refractivity contribution in [2.75, 3.05) is 25.6 Å². The molecule has 0 unspecified atom stereocenters. The zero-order chi connectivity index (χ0) is 21.4. The maximum absolute atomic E-state index is 12.6. The van der Waals surface area contributed by atoms with Crippen LogP contribution in [0.4, 0.5) is 5.69 Å². The molecule has 0 saturated carbocycles. The Labute approximate surface area is 176 Å². The van der Waals surface area contributed by atoms with Gasteiger partial charge in [0.25, 0.3) is 11.8 Å². The molecular formula is C22H27ClN2O4. The van der Waals surface area contributed by atoms with E-state index >= 15 is 0 Å². The molecule has 2 rings (SSSR count). The first-order valence-electron chi connectivity index (χ1n) is 9.44. The molecule has 0 fully saturated rings. The van der Waals surface area contributed by atoms with Crippen molar-refractivity contribution < 1.29 is 19.1 Å². The quantitative estimate of drug-likeness (QED) is 0.600. The van der Waals surface area contributed by atoms with Crippen molar-refractivity contribution in [3.8, 4) is 5.75 Å². The monoisotopic (exact) mass is 418 g/mol. The van der Waals surface area contributed by atoms with Crippen LogP contribution in [-0.4, -0.2) is 38.2 Å². The Morgan fingerprint density at radius 1 is 1.14 bits per heavy atom. The summed E-state index contributed by atoms with van der Waals surface area (Å²) in [6.07, 6.45) is -0.0468. The first kappa shape index (κ1) is 22.7. The summed E-state index contributed by atoms with van der Waals surface area (Å²) in [6, 6.07) is 10.4. The number of ether oxygens (including phenoxy) is 2. The van der Waals surface area contributed by atoms with Crippen LogP contribution in [0.2, 0.25) is 5.02 Å². The van der Waals surface area contributed by atoms with Crippen LogP contribution in [0.5, 0.6) is 5.75 Å². The van der Waals surface area contributed by atoms with E-state index in [0.717, 1.165) is 11.1 Å². The number of carbonyl (C=O) groups excluding carboxylic acids is 2. The summed E-state index contributed by atoms with van der Waals surface area (Å²) < 4.78 is 10.7. The number of benzene rings is 2. The summed E-state index contributed by atoms with van der Waals surface area (Å²) in [7, 11) is 1.61. The molecule has 0 spiro atoms. The van der Waals surface area contributed by atoms with Crippen molar-refractivity contribution in [3.05, 3.63) is 58.1 Å². The molecule has 0 heterocycles.